The van der Waals surface area contributed by atoms with E-state index in [1.54, 1.807) is 36.1 Å². The number of hydrogen-bond donors (Lipinski definition) is 1. The molecule has 2 aromatic rings. The van der Waals surface area contributed by atoms with Gasteiger partial charge in [-0.25, -0.2) is 13.1 Å². The number of rotatable bonds is 4. The molecule has 0 bridgehead atoms. The van der Waals surface area contributed by atoms with Crippen LogP contribution in [-0.2, 0) is 23.6 Å². The van der Waals surface area contributed by atoms with E-state index in [2.05, 4.69) is 41.7 Å². The minimum atomic E-state index is -3.57. The van der Waals surface area contributed by atoms with Crippen molar-refractivity contribution in [3.05, 3.63) is 44.6 Å². The van der Waals surface area contributed by atoms with Gasteiger partial charge in [-0.05, 0) is 41.1 Å². The Morgan fingerprint density at radius 3 is 2.60 bits per heavy atom. The van der Waals surface area contributed by atoms with Crippen LogP contribution in [0, 0.1) is 6.92 Å². The zero-order valence-electron chi connectivity index (χ0n) is 10.9. The molecule has 1 aromatic heterocycles. The molecule has 8 heteroatoms. The Morgan fingerprint density at radius 2 is 2.05 bits per heavy atom. The normalized spacial score (nSPS) is 11.8. The highest BCUT2D eigenvalue weighted by Gasteiger charge is 2.18. The van der Waals surface area contributed by atoms with Crippen molar-refractivity contribution in [2.24, 2.45) is 7.05 Å². The second-order valence-electron chi connectivity index (χ2n) is 4.31. The van der Waals surface area contributed by atoms with Gasteiger partial charge in [0.2, 0.25) is 10.0 Å². The minimum Gasteiger partial charge on any atom is -0.275 e. The van der Waals surface area contributed by atoms with Crippen LogP contribution in [0.3, 0.4) is 0 Å². The number of nitrogens with zero attached hydrogens (tertiary/aromatic N) is 2. The molecule has 108 valence electrons. The van der Waals surface area contributed by atoms with Gasteiger partial charge in [0, 0.05) is 34.3 Å². The van der Waals surface area contributed by atoms with Gasteiger partial charge >= 0.3 is 0 Å². The van der Waals surface area contributed by atoms with Gasteiger partial charge in [-0.1, -0.05) is 15.9 Å². The lowest BCUT2D eigenvalue weighted by Crippen LogP contribution is -2.23. The van der Waals surface area contributed by atoms with Crippen LogP contribution in [0.15, 0.2) is 38.2 Å². The molecule has 20 heavy (non-hydrogen) atoms. The van der Waals surface area contributed by atoms with Gasteiger partial charge in [0.15, 0.2) is 0 Å². The van der Waals surface area contributed by atoms with Gasteiger partial charge in [-0.3, -0.25) is 4.68 Å². The first-order chi connectivity index (χ1) is 9.29. The van der Waals surface area contributed by atoms with E-state index >= 15 is 0 Å². The monoisotopic (exact) mass is 421 g/mol. The summed E-state index contributed by atoms with van der Waals surface area (Å²) in [6, 6.07) is 4.94. The summed E-state index contributed by atoms with van der Waals surface area (Å²) in [5, 5.41) is 4.18. The Kier molecular flexibility index (Phi) is 4.68. The van der Waals surface area contributed by atoms with Crippen LogP contribution in [0.2, 0.25) is 0 Å². The highest BCUT2D eigenvalue weighted by molar-refractivity contribution is 9.11. The fraction of sp³-hybridized carbons (Fsp3) is 0.250. The molecule has 0 fully saturated rings. The van der Waals surface area contributed by atoms with E-state index in [0.717, 1.165) is 15.7 Å². The summed E-state index contributed by atoms with van der Waals surface area (Å²) >= 11 is 6.56. The molecule has 0 spiro atoms. The average Bonchev–Trinajstić information content (AvgIpc) is 2.65. The van der Waals surface area contributed by atoms with Gasteiger partial charge in [0.05, 0.1) is 10.6 Å². The number of nitrogens with one attached hydrogen (secondary N) is 1. The second-order valence-corrected chi connectivity index (χ2v) is 7.82. The number of sulfonamides is 1. The van der Waals surface area contributed by atoms with Crippen LogP contribution >= 0.6 is 31.9 Å². The van der Waals surface area contributed by atoms with Crippen molar-refractivity contribution >= 4 is 41.9 Å². The Hall–Kier alpha value is -0.700. The number of halogens is 2. The number of hydrogen-bond acceptors (Lipinski definition) is 3. The average molecular weight is 423 g/mol. The molecule has 0 saturated heterocycles. The third kappa shape index (κ3) is 3.49. The molecule has 0 aliphatic rings. The maximum absolute atomic E-state index is 12.3. The van der Waals surface area contributed by atoms with Crippen LogP contribution < -0.4 is 4.72 Å². The lowest BCUT2D eigenvalue weighted by Gasteiger charge is -2.08. The predicted octanol–water partition coefficient (Wildman–Crippen LogP) is 2.73. The SMILES string of the molecule is Cc1nn(C)cc1CNS(=O)(=O)c1ccc(Br)cc1Br. The zero-order chi connectivity index (χ0) is 14.9. The molecule has 0 atom stereocenters. The van der Waals surface area contributed by atoms with Crippen LogP contribution in [0.1, 0.15) is 11.3 Å². The van der Waals surface area contributed by atoms with E-state index in [9.17, 15) is 8.42 Å². The Morgan fingerprint density at radius 1 is 1.35 bits per heavy atom. The third-order valence-electron chi connectivity index (χ3n) is 2.75. The van der Waals surface area contributed by atoms with E-state index in [0.29, 0.717) is 4.47 Å². The van der Waals surface area contributed by atoms with Crippen LogP contribution in [0.4, 0.5) is 0 Å². The van der Waals surface area contributed by atoms with Crippen molar-refractivity contribution in [3.8, 4) is 0 Å². The summed E-state index contributed by atoms with van der Waals surface area (Å²) in [4.78, 5) is 0.210. The largest absolute Gasteiger partial charge is 0.275 e. The van der Waals surface area contributed by atoms with E-state index in [-0.39, 0.29) is 11.4 Å². The zero-order valence-corrected chi connectivity index (χ0v) is 14.9. The molecule has 0 aliphatic heterocycles. The standard InChI is InChI=1S/C12H13Br2N3O2S/c1-8-9(7-17(2)16-8)6-15-20(18,19)12-4-3-10(13)5-11(12)14/h3-5,7,15H,6H2,1-2H3. The van der Waals surface area contributed by atoms with E-state index in [1.165, 1.54) is 0 Å². The van der Waals surface area contributed by atoms with Gasteiger partial charge in [-0.15, -0.1) is 0 Å². The smallest absolute Gasteiger partial charge is 0.241 e. The van der Waals surface area contributed by atoms with Crippen molar-refractivity contribution in [1.29, 1.82) is 0 Å². The summed E-state index contributed by atoms with van der Waals surface area (Å²) in [5.41, 5.74) is 1.66. The van der Waals surface area contributed by atoms with Crippen molar-refractivity contribution in [2.45, 2.75) is 18.4 Å². The third-order valence-corrected chi connectivity index (χ3v) is 5.62. The Bertz CT molecular complexity index is 741. The molecule has 5 nitrogen and oxygen atoms in total. The molecule has 0 saturated carbocycles. The Balaban J connectivity index is 2.21. The van der Waals surface area contributed by atoms with E-state index in [1.807, 2.05) is 6.92 Å². The topological polar surface area (TPSA) is 64.0 Å². The molecule has 0 amide bonds. The Labute approximate surface area is 134 Å². The fourth-order valence-corrected chi connectivity index (χ4v) is 4.52. The lowest BCUT2D eigenvalue weighted by atomic mass is 10.3. The number of benzene rings is 1. The first-order valence-electron chi connectivity index (χ1n) is 5.73. The van der Waals surface area contributed by atoms with Gasteiger partial charge in [0.1, 0.15) is 0 Å². The first kappa shape index (κ1) is 15.7. The molecule has 1 aromatic carbocycles. The maximum Gasteiger partial charge on any atom is 0.241 e. The van der Waals surface area contributed by atoms with Crippen LogP contribution in [-0.4, -0.2) is 18.2 Å². The molecule has 0 aliphatic carbocycles. The van der Waals surface area contributed by atoms with Crippen molar-refractivity contribution in [1.82, 2.24) is 14.5 Å². The predicted molar refractivity (Wildman–Crippen MR) is 83.8 cm³/mol. The molecule has 0 unspecified atom stereocenters. The molecule has 2 rings (SSSR count). The van der Waals surface area contributed by atoms with Crippen LogP contribution in [0.5, 0.6) is 0 Å². The second kappa shape index (κ2) is 5.97. The van der Waals surface area contributed by atoms with E-state index < -0.39 is 10.0 Å². The lowest BCUT2D eigenvalue weighted by molar-refractivity contribution is 0.580. The molecular formula is C12H13Br2N3O2S. The first-order valence-corrected chi connectivity index (χ1v) is 8.80. The summed E-state index contributed by atoms with van der Waals surface area (Å²) < 4.78 is 30.1. The summed E-state index contributed by atoms with van der Waals surface area (Å²) in [6.45, 7) is 2.06. The number of aromatic nitrogens is 2. The summed E-state index contributed by atoms with van der Waals surface area (Å²) in [7, 11) is -1.77. The highest BCUT2D eigenvalue weighted by Crippen LogP contribution is 2.25. The van der Waals surface area contributed by atoms with Crippen molar-refractivity contribution < 1.29 is 8.42 Å². The van der Waals surface area contributed by atoms with E-state index in [4.69, 9.17) is 0 Å². The summed E-state index contributed by atoms with van der Waals surface area (Å²) in [6.07, 6.45) is 1.80. The highest BCUT2D eigenvalue weighted by atomic mass is 79.9. The maximum atomic E-state index is 12.3. The molecule has 0 radical (unpaired) electrons. The van der Waals surface area contributed by atoms with Gasteiger partial charge < -0.3 is 0 Å². The summed E-state index contributed by atoms with van der Waals surface area (Å²) in [5.74, 6) is 0. The number of aryl methyl sites for hydroxylation is 2. The van der Waals surface area contributed by atoms with Crippen molar-refractivity contribution in [3.63, 3.8) is 0 Å². The minimum absolute atomic E-state index is 0.210. The molecule has 1 N–H and O–H groups in total. The van der Waals surface area contributed by atoms with Gasteiger partial charge in [-0.2, -0.15) is 5.10 Å². The quantitative estimate of drug-likeness (QED) is 0.823. The molecular weight excluding hydrogens is 410 g/mol. The van der Waals surface area contributed by atoms with Gasteiger partial charge in [0.25, 0.3) is 0 Å². The van der Waals surface area contributed by atoms with Crippen molar-refractivity contribution in [2.75, 3.05) is 0 Å². The van der Waals surface area contributed by atoms with Crippen LogP contribution in [0.25, 0.3) is 0 Å². The fourth-order valence-electron chi connectivity index (χ4n) is 1.77. The molecule has 1 heterocycles.